The minimum absolute atomic E-state index is 0.0278. The van der Waals surface area contributed by atoms with Crippen LogP contribution >= 0.6 is 23.2 Å². The minimum Gasteiger partial charge on any atom is -0.324 e. The molecule has 2 heterocycles. The standard InChI is InChI=1S/C19H13Cl2N3O2/c20-14-6-7-15(21)18-17(14)13(19(26)23-18)10-16(25)11-2-4-12(5-3-11)24-9-1-8-22-24/h1-9,13H,10H2,(H,23,26). The second-order valence-corrected chi connectivity index (χ2v) is 6.80. The van der Waals surface area contributed by atoms with Gasteiger partial charge >= 0.3 is 0 Å². The topological polar surface area (TPSA) is 64.0 Å². The molecule has 0 bridgehead atoms. The van der Waals surface area contributed by atoms with E-state index in [9.17, 15) is 9.59 Å². The van der Waals surface area contributed by atoms with E-state index in [0.717, 1.165) is 5.69 Å². The molecule has 0 fully saturated rings. The van der Waals surface area contributed by atoms with Gasteiger partial charge in [-0.3, -0.25) is 9.59 Å². The van der Waals surface area contributed by atoms with Crippen LogP contribution in [0.3, 0.4) is 0 Å². The minimum atomic E-state index is -0.644. The summed E-state index contributed by atoms with van der Waals surface area (Å²) in [7, 11) is 0. The number of Topliss-reactive ketones (excluding diaryl/α,β-unsaturated/α-hetero) is 1. The van der Waals surface area contributed by atoms with Gasteiger partial charge in [-0.25, -0.2) is 4.68 Å². The Hall–Kier alpha value is -2.63. The van der Waals surface area contributed by atoms with Crippen molar-refractivity contribution in [3.63, 3.8) is 0 Å². The van der Waals surface area contributed by atoms with E-state index in [1.165, 1.54) is 0 Å². The first kappa shape index (κ1) is 16.8. The molecule has 7 heteroatoms. The van der Waals surface area contributed by atoms with E-state index in [-0.39, 0.29) is 18.1 Å². The highest BCUT2D eigenvalue weighted by atomic mass is 35.5. The number of carbonyl (C=O) groups is 2. The van der Waals surface area contributed by atoms with Crippen molar-refractivity contribution in [2.75, 3.05) is 5.32 Å². The number of rotatable bonds is 4. The average molecular weight is 386 g/mol. The van der Waals surface area contributed by atoms with Crippen LogP contribution in [-0.4, -0.2) is 21.5 Å². The summed E-state index contributed by atoms with van der Waals surface area (Å²) in [6, 6.07) is 12.2. The number of amides is 1. The molecule has 0 radical (unpaired) electrons. The van der Waals surface area contributed by atoms with Crippen molar-refractivity contribution in [1.82, 2.24) is 9.78 Å². The predicted molar refractivity (Wildman–Crippen MR) is 100 cm³/mol. The highest BCUT2D eigenvalue weighted by Gasteiger charge is 2.35. The number of ketones is 1. The smallest absolute Gasteiger partial charge is 0.232 e. The molecule has 5 nitrogen and oxygen atoms in total. The van der Waals surface area contributed by atoms with Gasteiger partial charge in [0.15, 0.2) is 5.78 Å². The van der Waals surface area contributed by atoms with Gasteiger partial charge in [-0.15, -0.1) is 0 Å². The number of nitrogens with one attached hydrogen (secondary N) is 1. The number of nitrogens with zero attached hydrogens (tertiary/aromatic N) is 2. The normalized spacial score (nSPS) is 15.6. The molecule has 1 N–H and O–H groups in total. The fourth-order valence-corrected chi connectivity index (χ4v) is 3.60. The number of aromatic nitrogens is 2. The summed E-state index contributed by atoms with van der Waals surface area (Å²) in [5, 5.41) is 7.71. The SMILES string of the molecule is O=C(CC1C(=O)Nc2c(Cl)ccc(Cl)c21)c1ccc(-n2cccn2)cc1. The van der Waals surface area contributed by atoms with Gasteiger partial charge in [0.05, 0.1) is 22.3 Å². The molecule has 130 valence electrons. The largest absolute Gasteiger partial charge is 0.324 e. The Kier molecular flexibility index (Phi) is 4.26. The lowest BCUT2D eigenvalue weighted by Gasteiger charge is -2.10. The zero-order valence-electron chi connectivity index (χ0n) is 13.4. The van der Waals surface area contributed by atoms with Crippen molar-refractivity contribution in [3.8, 4) is 5.69 Å². The molecule has 0 aliphatic carbocycles. The van der Waals surface area contributed by atoms with Gasteiger partial charge in [0, 0.05) is 35.0 Å². The molecule has 0 saturated heterocycles. The van der Waals surface area contributed by atoms with Crippen LogP contribution in [0.1, 0.15) is 28.3 Å². The maximum Gasteiger partial charge on any atom is 0.232 e. The molecule has 1 amide bonds. The first-order valence-corrected chi connectivity index (χ1v) is 8.72. The van der Waals surface area contributed by atoms with E-state index < -0.39 is 5.92 Å². The highest BCUT2D eigenvalue weighted by Crippen LogP contribution is 2.43. The lowest BCUT2D eigenvalue weighted by molar-refractivity contribution is -0.117. The van der Waals surface area contributed by atoms with E-state index >= 15 is 0 Å². The van der Waals surface area contributed by atoms with Crippen LogP contribution in [0.2, 0.25) is 10.0 Å². The van der Waals surface area contributed by atoms with Crippen molar-refractivity contribution >= 4 is 40.6 Å². The molecule has 1 aromatic heterocycles. The second-order valence-electron chi connectivity index (χ2n) is 5.98. The molecule has 26 heavy (non-hydrogen) atoms. The molecule has 2 aromatic carbocycles. The summed E-state index contributed by atoms with van der Waals surface area (Å²) in [6.45, 7) is 0. The number of carbonyl (C=O) groups excluding carboxylic acids is 2. The molecular formula is C19H13Cl2N3O2. The molecular weight excluding hydrogens is 373 g/mol. The summed E-state index contributed by atoms with van der Waals surface area (Å²) >= 11 is 12.4. The van der Waals surface area contributed by atoms with E-state index in [2.05, 4.69) is 10.4 Å². The fraction of sp³-hybridized carbons (Fsp3) is 0.105. The Bertz CT molecular complexity index is 998. The van der Waals surface area contributed by atoms with Gasteiger partial charge in [-0.05, 0) is 42.5 Å². The van der Waals surface area contributed by atoms with E-state index in [1.807, 2.05) is 24.4 Å². The van der Waals surface area contributed by atoms with Crippen molar-refractivity contribution in [3.05, 3.63) is 76.0 Å². The van der Waals surface area contributed by atoms with Gasteiger partial charge in [-0.1, -0.05) is 23.2 Å². The molecule has 1 unspecified atom stereocenters. The average Bonchev–Trinajstić information content (AvgIpc) is 3.28. The van der Waals surface area contributed by atoms with Gasteiger partial charge in [0.25, 0.3) is 0 Å². The van der Waals surface area contributed by atoms with Gasteiger partial charge in [0.1, 0.15) is 0 Å². The monoisotopic (exact) mass is 385 g/mol. The van der Waals surface area contributed by atoms with E-state index in [0.29, 0.717) is 26.9 Å². The molecule has 3 aromatic rings. The Labute approximate surface area is 159 Å². The number of halogens is 2. The number of anilines is 1. The molecule has 1 atom stereocenters. The van der Waals surface area contributed by atoms with Gasteiger partial charge < -0.3 is 5.32 Å². The van der Waals surface area contributed by atoms with Crippen LogP contribution in [0.15, 0.2) is 54.9 Å². The molecule has 1 aliphatic heterocycles. The van der Waals surface area contributed by atoms with Crippen LogP contribution in [0.5, 0.6) is 0 Å². The Balaban J connectivity index is 1.58. The Morgan fingerprint density at radius 2 is 1.85 bits per heavy atom. The zero-order chi connectivity index (χ0) is 18.3. The Morgan fingerprint density at radius 1 is 1.12 bits per heavy atom. The van der Waals surface area contributed by atoms with Gasteiger partial charge in [0.2, 0.25) is 5.91 Å². The van der Waals surface area contributed by atoms with Crippen molar-refractivity contribution < 1.29 is 9.59 Å². The third-order valence-corrected chi connectivity index (χ3v) is 5.05. The summed E-state index contributed by atoms with van der Waals surface area (Å²) in [5.41, 5.74) is 2.47. The Morgan fingerprint density at radius 3 is 2.54 bits per heavy atom. The fourth-order valence-electron chi connectivity index (χ4n) is 3.10. The third kappa shape index (κ3) is 2.89. The number of hydrogen-bond acceptors (Lipinski definition) is 3. The lowest BCUT2D eigenvalue weighted by Crippen LogP contribution is -2.16. The molecule has 0 spiro atoms. The van der Waals surface area contributed by atoms with E-state index in [4.69, 9.17) is 23.2 Å². The first-order chi connectivity index (χ1) is 12.5. The van der Waals surface area contributed by atoms with Gasteiger partial charge in [-0.2, -0.15) is 5.10 Å². The maximum absolute atomic E-state index is 12.7. The highest BCUT2D eigenvalue weighted by molar-refractivity contribution is 6.38. The van der Waals surface area contributed by atoms with Crippen LogP contribution < -0.4 is 5.32 Å². The first-order valence-electron chi connectivity index (χ1n) is 7.96. The van der Waals surface area contributed by atoms with Crippen molar-refractivity contribution in [2.45, 2.75) is 12.3 Å². The summed E-state index contributed by atoms with van der Waals surface area (Å²) < 4.78 is 1.71. The van der Waals surface area contributed by atoms with Crippen LogP contribution in [0, 0.1) is 0 Å². The number of fused-ring (bicyclic) bond motifs is 1. The lowest BCUT2D eigenvalue weighted by atomic mass is 9.92. The van der Waals surface area contributed by atoms with Crippen molar-refractivity contribution in [1.29, 1.82) is 0 Å². The van der Waals surface area contributed by atoms with Crippen LogP contribution in [0.4, 0.5) is 5.69 Å². The van der Waals surface area contributed by atoms with Crippen LogP contribution in [-0.2, 0) is 4.79 Å². The second kappa shape index (κ2) is 6.59. The zero-order valence-corrected chi connectivity index (χ0v) is 15.0. The van der Waals surface area contributed by atoms with E-state index in [1.54, 1.807) is 35.1 Å². The van der Waals surface area contributed by atoms with Crippen LogP contribution in [0.25, 0.3) is 5.69 Å². The number of hydrogen-bond donors (Lipinski definition) is 1. The summed E-state index contributed by atoms with van der Waals surface area (Å²) in [5.74, 6) is -1.05. The molecule has 4 rings (SSSR count). The predicted octanol–water partition coefficient (Wildman–Crippen LogP) is 4.49. The molecule has 0 saturated carbocycles. The summed E-state index contributed by atoms with van der Waals surface area (Å²) in [6.07, 6.45) is 3.53. The maximum atomic E-state index is 12.7. The third-order valence-electron chi connectivity index (χ3n) is 4.40. The quantitative estimate of drug-likeness (QED) is 0.672. The summed E-state index contributed by atoms with van der Waals surface area (Å²) in [4.78, 5) is 25.0. The molecule has 1 aliphatic rings. The van der Waals surface area contributed by atoms with Crippen molar-refractivity contribution in [2.24, 2.45) is 0 Å². The number of benzene rings is 2.